The first kappa shape index (κ1) is 15.3. The van der Waals surface area contributed by atoms with Crippen molar-refractivity contribution < 1.29 is 13.5 Å². The van der Waals surface area contributed by atoms with Crippen LogP contribution in [0.4, 0.5) is 0 Å². The van der Waals surface area contributed by atoms with Gasteiger partial charge in [0.2, 0.25) is 10.0 Å². The molecule has 2 rings (SSSR count). The lowest BCUT2D eigenvalue weighted by atomic mass is 9.84. The molecule has 0 bridgehead atoms. The summed E-state index contributed by atoms with van der Waals surface area (Å²) in [6.07, 6.45) is 6.37. The number of hydrogen-bond donors (Lipinski definition) is 2. The Balaban J connectivity index is 1.99. The Hall–Kier alpha value is -1.07. The number of rotatable bonds is 5. The van der Waals surface area contributed by atoms with Gasteiger partial charge in [-0.25, -0.2) is 13.1 Å². The number of sulfonamides is 1. The molecule has 2 N–H and O–H groups in total. The van der Waals surface area contributed by atoms with Crippen LogP contribution in [-0.2, 0) is 10.0 Å². The van der Waals surface area contributed by atoms with E-state index in [-0.39, 0.29) is 16.7 Å². The third-order valence-corrected chi connectivity index (χ3v) is 5.59. The van der Waals surface area contributed by atoms with Crippen LogP contribution in [0.15, 0.2) is 29.2 Å². The Kier molecular flexibility index (Phi) is 5.05. The summed E-state index contributed by atoms with van der Waals surface area (Å²) in [5.74, 6) is 0.547. The number of para-hydroxylation sites is 1. The minimum atomic E-state index is -3.62. The molecule has 0 aromatic heterocycles. The van der Waals surface area contributed by atoms with Gasteiger partial charge in [-0.3, -0.25) is 0 Å². The SMILES string of the molecule is CCCC1CCC(NS(=O)(=O)c2ccccc2O)CC1. The molecule has 0 heterocycles. The van der Waals surface area contributed by atoms with Crippen LogP contribution in [0.3, 0.4) is 0 Å². The minimum Gasteiger partial charge on any atom is -0.507 e. The van der Waals surface area contributed by atoms with E-state index in [0.717, 1.165) is 31.6 Å². The van der Waals surface area contributed by atoms with Crippen LogP contribution in [0, 0.1) is 5.92 Å². The lowest BCUT2D eigenvalue weighted by Crippen LogP contribution is -2.37. The molecule has 1 aliphatic rings. The van der Waals surface area contributed by atoms with E-state index in [0.29, 0.717) is 0 Å². The fourth-order valence-corrected chi connectivity index (χ4v) is 4.35. The predicted molar refractivity (Wildman–Crippen MR) is 79.1 cm³/mol. The van der Waals surface area contributed by atoms with Gasteiger partial charge in [-0.1, -0.05) is 31.9 Å². The summed E-state index contributed by atoms with van der Waals surface area (Å²) in [7, 11) is -3.62. The topological polar surface area (TPSA) is 66.4 Å². The van der Waals surface area contributed by atoms with Gasteiger partial charge in [0.05, 0.1) is 0 Å². The van der Waals surface area contributed by atoms with Crippen molar-refractivity contribution in [1.29, 1.82) is 0 Å². The molecule has 1 aliphatic carbocycles. The Morgan fingerprint density at radius 1 is 1.20 bits per heavy atom. The summed E-state index contributed by atoms with van der Waals surface area (Å²) in [6.45, 7) is 2.19. The second-order valence-electron chi connectivity index (χ2n) is 5.60. The summed E-state index contributed by atoms with van der Waals surface area (Å²) in [5.41, 5.74) is 0. The predicted octanol–water partition coefficient (Wildman–Crippen LogP) is 3.03. The van der Waals surface area contributed by atoms with Crippen LogP contribution in [0.1, 0.15) is 45.4 Å². The molecule has 0 radical (unpaired) electrons. The van der Waals surface area contributed by atoms with Crippen LogP contribution >= 0.6 is 0 Å². The van der Waals surface area contributed by atoms with Crippen molar-refractivity contribution in [1.82, 2.24) is 4.72 Å². The van der Waals surface area contributed by atoms with E-state index in [2.05, 4.69) is 11.6 Å². The maximum atomic E-state index is 12.3. The molecule has 20 heavy (non-hydrogen) atoms. The summed E-state index contributed by atoms with van der Waals surface area (Å²) in [4.78, 5) is -0.0318. The van der Waals surface area contributed by atoms with Crippen LogP contribution in [0.2, 0.25) is 0 Å². The van der Waals surface area contributed by atoms with Crippen LogP contribution in [0.25, 0.3) is 0 Å². The molecule has 1 aromatic carbocycles. The molecule has 0 unspecified atom stereocenters. The number of benzene rings is 1. The van der Waals surface area contributed by atoms with Crippen LogP contribution in [-0.4, -0.2) is 19.6 Å². The van der Waals surface area contributed by atoms with Crippen LogP contribution < -0.4 is 4.72 Å². The maximum Gasteiger partial charge on any atom is 0.244 e. The Morgan fingerprint density at radius 3 is 2.45 bits per heavy atom. The molecule has 0 atom stereocenters. The number of phenolic OH excluding ortho intramolecular Hbond substituents is 1. The fraction of sp³-hybridized carbons (Fsp3) is 0.600. The number of nitrogens with one attached hydrogen (secondary N) is 1. The third kappa shape index (κ3) is 3.73. The van der Waals surface area contributed by atoms with Gasteiger partial charge in [-0.2, -0.15) is 0 Å². The standard InChI is InChI=1S/C15H23NO3S/c1-2-5-12-8-10-13(11-9-12)16-20(18,19)15-7-4-3-6-14(15)17/h3-4,6-7,12-13,16-17H,2,5,8-11H2,1H3. The summed E-state index contributed by atoms with van der Waals surface area (Å²) in [6, 6.07) is 6.05. The zero-order valence-electron chi connectivity index (χ0n) is 11.9. The molecule has 0 spiro atoms. The summed E-state index contributed by atoms with van der Waals surface area (Å²) >= 11 is 0. The van der Waals surface area contributed by atoms with Gasteiger partial charge in [0.1, 0.15) is 10.6 Å². The molecule has 1 saturated carbocycles. The highest BCUT2D eigenvalue weighted by Crippen LogP contribution is 2.29. The molecule has 0 saturated heterocycles. The second-order valence-corrected chi connectivity index (χ2v) is 7.28. The molecular weight excluding hydrogens is 274 g/mol. The first-order chi connectivity index (χ1) is 9.53. The van der Waals surface area contributed by atoms with Crippen molar-refractivity contribution in [2.75, 3.05) is 0 Å². The van der Waals surface area contributed by atoms with Crippen molar-refractivity contribution in [3.05, 3.63) is 24.3 Å². The van der Waals surface area contributed by atoms with E-state index >= 15 is 0 Å². The summed E-state index contributed by atoms with van der Waals surface area (Å²) < 4.78 is 27.2. The smallest absolute Gasteiger partial charge is 0.244 e. The normalized spacial score (nSPS) is 23.6. The second kappa shape index (κ2) is 6.59. The van der Waals surface area contributed by atoms with E-state index in [1.807, 2.05) is 0 Å². The van der Waals surface area contributed by atoms with Gasteiger partial charge in [0, 0.05) is 6.04 Å². The molecule has 4 nitrogen and oxygen atoms in total. The van der Waals surface area contributed by atoms with Gasteiger partial charge >= 0.3 is 0 Å². The first-order valence-electron chi connectivity index (χ1n) is 7.33. The fourth-order valence-electron chi connectivity index (χ4n) is 2.94. The highest BCUT2D eigenvalue weighted by molar-refractivity contribution is 7.89. The van der Waals surface area contributed by atoms with Crippen molar-refractivity contribution in [2.24, 2.45) is 5.92 Å². The Bertz CT molecular complexity index is 534. The average molecular weight is 297 g/mol. The highest BCUT2D eigenvalue weighted by Gasteiger charge is 2.26. The van der Waals surface area contributed by atoms with E-state index in [9.17, 15) is 13.5 Å². The number of hydrogen-bond acceptors (Lipinski definition) is 3. The van der Waals surface area contributed by atoms with Crippen molar-refractivity contribution in [2.45, 2.75) is 56.4 Å². The van der Waals surface area contributed by atoms with Crippen molar-refractivity contribution >= 4 is 10.0 Å². The van der Waals surface area contributed by atoms with Gasteiger partial charge in [-0.15, -0.1) is 0 Å². The van der Waals surface area contributed by atoms with Gasteiger partial charge in [0.25, 0.3) is 0 Å². The monoisotopic (exact) mass is 297 g/mol. The zero-order chi connectivity index (χ0) is 14.6. The summed E-state index contributed by atoms with van der Waals surface area (Å²) in [5, 5.41) is 9.67. The first-order valence-corrected chi connectivity index (χ1v) is 8.81. The van der Waals surface area contributed by atoms with Gasteiger partial charge < -0.3 is 5.11 Å². The lowest BCUT2D eigenvalue weighted by molar-refractivity contribution is 0.297. The lowest BCUT2D eigenvalue weighted by Gasteiger charge is -2.28. The molecule has 1 aromatic rings. The van der Waals surface area contributed by atoms with Crippen LogP contribution in [0.5, 0.6) is 5.75 Å². The van der Waals surface area contributed by atoms with E-state index in [4.69, 9.17) is 0 Å². The van der Waals surface area contributed by atoms with E-state index < -0.39 is 10.0 Å². The number of aromatic hydroxyl groups is 1. The maximum absolute atomic E-state index is 12.3. The van der Waals surface area contributed by atoms with Crippen molar-refractivity contribution in [3.8, 4) is 5.75 Å². The Labute approximate surface area is 121 Å². The molecule has 1 fully saturated rings. The molecule has 0 aliphatic heterocycles. The minimum absolute atomic E-state index is 0.00675. The third-order valence-electron chi connectivity index (χ3n) is 4.02. The largest absolute Gasteiger partial charge is 0.507 e. The molecular formula is C15H23NO3S. The molecule has 5 heteroatoms. The highest BCUT2D eigenvalue weighted by atomic mass is 32.2. The van der Waals surface area contributed by atoms with Gasteiger partial charge in [-0.05, 0) is 43.7 Å². The van der Waals surface area contributed by atoms with E-state index in [1.54, 1.807) is 12.1 Å². The quantitative estimate of drug-likeness (QED) is 0.878. The van der Waals surface area contributed by atoms with Crippen molar-refractivity contribution in [3.63, 3.8) is 0 Å². The molecule has 0 amide bonds. The van der Waals surface area contributed by atoms with E-state index in [1.165, 1.54) is 25.0 Å². The average Bonchev–Trinajstić information content (AvgIpc) is 2.41. The molecule has 112 valence electrons. The number of phenols is 1. The zero-order valence-corrected chi connectivity index (χ0v) is 12.7. The van der Waals surface area contributed by atoms with Gasteiger partial charge in [0.15, 0.2) is 0 Å². The Morgan fingerprint density at radius 2 is 1.85 bits per heavy atom.